The first-order valence-electron chi connectivity index (χ1n) is 6.97. The van der Waals surface area contributed by atoms with Crippen LogP contribution in [-0.2, 0) is 6.54 Å². The van der Waals surface area contributed by atoms with Crippen molar-refractivity contribution >= 4 is 10.9 Å². The molecule has 1 aromatic carbocycles. The summed E-state index contributed by atoms with van der Waals surface area (Å²) in [6.07, 6.45) is 2.53. The lowest BCUT2D eigenvalue weighted by Gasteiger charge is -2.11. The zero-order valence-corrected chi connectivity index (χ0v) is 13.0. The van der Waals surface area contributed by atoms with Gasteiger partial charge in [-0.05, 0) is 6.07 Å². The molecule has 6 nitrogen and oxygen atoms in total. The number of quaternary nitrogens is 1. The summed E-state index contributed by atoms with van der Waals surface area (Å²) in [4.78, 5) is 18.2. The highest BCUT2D eigenvalue weighted by Crippen LogP contribution is 2.29. The Balaban J connectivity index is 2.39. The largest absolute Gasteiger partial charge is 0.493 e. The number of aromatic nitrogens is 2. The zero-order chi connectivity index (χ0) is 15.4. The molecule has 0 saturated heterocycles. The average molecular weight is 292 g/mol. The van der Waals surface area contributed by atoms with Gasteiger partial charge >= 0.3 is 0 Å². The van der Waals surface area contributed by atoms with Gasteiger partial charge in [0.2, 0.25) is 0 Å². The number of hydrogen-bond acceptors (Lipinski definition) is 4. The first-order valence-corrected chi connectivity index (χ1v) is 6.97. The number of hydrogen-bond donors (Lipinski definition) is 1. The Kier molecular flexibility index (Phi) is 4.80. The highest BCUT2D eigenvalue weighted by Gasteiger charge is 2.11. The number of fused-ring (bicyclic) bond motifs is 1. The second-order valence-corrected chi connectivity index (χ2v) is 5.28. The predicted molar refractivity (Wildman–Crippen MR) is 81.4 cm³/mol. The van der Waals surface area contributed by atoms with Crippen LogP contribution in [0, 0.1) is 0 Å². The normalized spacial score (nSPS) is 11.1. The molecule has 1 aromatic heterocycles. The Hall–Kier alpha value is -2.08. The number of rotatable bonds is 6. The van der Waals surface area contributed by atoms with E-state index in [1.54, 1.807) is 37.2 Å². The molecule has 0 aliphatic rings. The highest BCUT2D eigenvalue weighted by atomic mass is 16.5. The second-order valence-electron chi connectivity index (χ2n) is 5.28. The van der Waals surface area contributed by atoms with Crippen LogP contribution in [0.3, 0.4) is 0 Å². The van der Waals surface area contributed by atoms with E-state index in [-0.39, 0.29) is 5.56 Å². The van der Waals surface area contributed by atoms with Crippen molar-refractivity contribution in [2.45, 2.75) is 13.0 Å². The molecule has 6 heteroatoms. The predicted octanol–water partition coefficient (Wildman–Crippen LogP) is -0.0517. The van der Waals surface area contributed by atoms with Crippen molar-refractivity contribution in [3.05, 3.63) is 28.8 Å². The van der Waals surface area contributed by atoms with Gasteiger partial charge in [-0.2, -0.15) is 0 Å². The minimum Gasteiger partial charge on any atom is -0.493 e. The summed E-state index contributed by atoms with van der Waals surface area (Å²) in [5.74, 6) is 1.12. The van der Waals surface area contributed by atoms with Gasteiger partial charge in [0, 0.05) is 19.0 Å². The molecule has 1 heterocycles. The van der Waals surface area contributed by atoms with E-state index in [4.69, 9.17) is 9.47 Å². The van der Waals surface area contributed by atoms with Crippen molar-refractivity contribution in [1.29, 1.82) is 0 Å². The molecule has 0 bridgehead atoms. The van der Waals surface area contributed by atoms with Crippen LogP contribution in [0.25, 0.3) is 10.9 Å². The molecule has 0 amide bonds. The molecule has 0 saturated carbocycles. The van der Waals surface area contributed by atoms with Crippen molar-refractivity contribution < 1.29 is 14.4 Å². The smallest absolute Gasteiger partial charge is 0.261 e. The van der Waals surface area contributed by atoms with Gasteiger partial charge < -0.3 is 14.4 Å². The van der Waals surface area contributed by atoms with E-state index in [0.29, 0.717) is 28.9 Å². The summed E-state index contributed by atoms with van der Waals surface area (Å²) >= 11 is 0. The minimum atomic E-state index is -0.0466. The van der Waals surface area contributed by atoms with E-state index >= 15 is 0 Å². The Morgan fingerprint density at radius 1 is 1.19 bits per heavy atom. The van der Waals surface area contributed by atoms with Gasteiger partial charge in [0.25, 0.3) is 5.56 Å². The van der Waals surface area contributed by atoms with Gasteiger partial charge in [-0.1, -0.05) is 0 Å². The molecule has 0 atom stereocenters. The fraction of sp³-hybridized carbons (Fsp3) is 0.467. The number of nitrogens with zero attached hydrogens (tertiary/aromatic N) is 2. The first kappa shape index (κ1) is 15.3. The summed E-state index contributed by atoms with van der Waals surface area (Å²) in [5, 5.41) is 0.548. The Labute approximate surface area is 123 Å². The van der Waals surface area contributed by atoms with Crippen molar-refractivity contribution in [2.24, 2.45) is 0 Å². The van der Waals surface area contributed by atoms with E-state index in [1.165, 1.54) is 4.90 Å². The molecule has 0 fully saturated rings. The number of ether oxygens (including phenoxy) is 2. The molecule has 0 unspecified atom stereocenters. The van der Waals surface area contributed by atoms with Crippen LogP contribution in [-0.4, -0.2) is 44.4 Å². The van der Waals surface area contributed by atoms with Crippen LogP contribution in [0.15, 0.2) is 23.3 Å². The summed E-state index contributed by atoms with van der Waals surface area (Å²) < 4.78 is 12.1. The molecule has 0 radical (unpaired) electrons. The SMILES string of the molecule is COc1cc2ncn(CCC[NH+](C)C)c(=O)c2cc1OC. The lowest BCUT2D eigenvalue weighted by Crippen LogP contribution is -3.05. The van der Waals surface area contributed by atoms with Crippen LogP contribution in [0.2, 0.25) is 0 Å². The van der Waals surface area contributed by atoms with Crippen molar-refractivity contribution in [3.63, 3.8) is 0 Å². The maximum Gasteiger partial charge on any atom is 0.261 e. The minimum absolute atomic E-state index is 0.0466. The molecule has 0 aliphatic carbocycles. The zero-order valence-electron chi connectivity index (χ0n) is 13.0. The van der Waals surface area contributed by atoms with Crippen LogP contribution in [0.1, 0.15) is 6.42 Å². The fourth-order valence-corrected chi connectivity index (χ4v) is 2.25. The van der Waals surface area contributed by atoms with Crippen LogP contribution < -0.4 is 19.9 Å². The van der Waals surface area contributed by atoms with Gasteiger partial charge in [-0.25, -0.2) is 4.98 Å². The monoisotopic (exact) mass is 292 g/mol. The average Bonchev–Trinajstić information content (AvgIpc) is 2.48. The van der Waals surface area contributed by atoms with Gasteiger partial charge in [-0.15, -0.1) is 0 Å². The maximum absolute atomic E-state index is 12.5. The standard InChI is InChI=1S/C15H21N3O3/c1-17(2)6-5-7-18-10-16-12-9-14(21-4)13(20-3)8-11(12)15(18)19/h8-10H,5-7H2,1-4H3/p+1. The van der Waals surface area contributed by atoms with Crippen molar-refractivity contribution in [1.82, 2.24) is 9.55 Å². The molecule has 114 valence electrons. The summed E-state index contributed by atoms with van der Waals surface area (Å²) in [6.45, 7) is 1.68. The van der Waals surface area contributed by atoms with Crippen LogP contribution in [0.5, 0.6) is 11.5 Å². The summed E-state index contributed by atoms with van der Waals surface area (Å²) in [5.41, 5.74) is 0.571. The third-order valence-corrected chi connectivity index (χ3v) is 3.41. The summed E-state index contributed by atoms with van der Waals surface area (Å²) in [7, 11) is 7.31. The Bertz CT molecular complexity index is 680. The number of aryl methyl sites for hydroxylation is 1. The number of methoxy groups -OCH3 is 2. The molecule has 2 rings (SSSR count). The number of benzene rings is 1. The fourth-order valence-electron chi connectivity index (χ4n) is 2.25. The van der Waals surface area contributed by atoms with Crippen molar-refractivity contribution in [3.8, 4) is 11.5 Å². The summed E-state index contributed by atoms with van der Waals surface area (Å²) in [6, 6.07) is 3.42. The highest BCUT2D eigenvalue weighted by molar-refractivity contribution is 5.81. The molecule has 0 spiro atoms. The second kappa shape index (κ2) is 6.58. The van der Waals surface area contributed by atoms with E-state index in [0.717, 1.165) is 13.0 Å². The molecule has 2 aromatic rings. The van der Waals surface area contributed by atoms with Gasteiger partial charge in [0.15, 0.2) is 11.5 Å². The third kappa shape index (κ3) is 3.33. The van der Waals surface area contributed by atoms with E-state index in [1.807, 2.05) is 0 Å². The number of nitrogens with one attached hydrogen (secondary N) is 1. The molecule has 0 aliphatic heterocycles. The van der Waals surface area contributed by atoms with Gasteiger partial charge in [-0.3, -0.25) is 9.36 Å². The van der Waals surface area contributed by atoms with Gasteiger partial charge in [0.05, 0.1) is 52.1 Å². The van der Waals surface area contributed by atoms with E-state index in [9.17, 15) is 4.79 Å². The Morgan fingerprint density at radius 3 is 2.48 bits per heavy atom. The lowest BCUT2D eigenvalue weighted by molar-refractivity contribution is -0.858. The molecule has 1 N–H and O–H groups in total. The van der Waals surface area contributed by atoms with E-state index in [2.05, 4.69) is 19.1 Å². The Morgan fingerprint density at radius 2 is 1.86 bits per heavy atom. The van der Waals surface area contributed by atoms with Gasteiger partial charge in [0.1, 0.15) is 0 Å². The van der Waals surface area contributed by atoms with Crippen LogP contribution in [0.4, 0.5) is 0 Å². The first-order chi connectivity index (χ1) is 10.1. The maximum atomic E-state index is 12.5. The molecular weight excluding hydrogens is 270 g/mol. The quantitative estimate of drug-likeness (QED) is 0.811. The lowest BCUT2D eigenvalue weighted by atomic mass is 10.2. The molecule has 21 heavy (non-hydrogen) atoms. The van der Waals surface area contributed by atoms with Crippen LogP contribution >= 0.6 is 0 Å². The van der Waals surface area contributed by atoms with E-state index < -0.39 is 0 Å². The van der Waals surface area contributed by atoms with Crippen molar-refractivity contribution in [2.75, 3.05) is 34.9 Å². The molecular formula is C15H22N3O3+. The topological polar surface area (TPSA) is 57.8 Å². The third-order valence-electron chi connectivity index (χ3n) is 3.41.